The molecule has 0 atom stereocenters. The molecule has 6 rings (SSSR count). The van der Waals surface area contributed by atoms with Crippen LogP contribution in [-0.4, -0.2) is 72.6 Å². The lowest BCUT2D eigenvalue weighted by Gasteiger charge is -2.35. The van der Waals surface area contributed by atoms with Gasteiger partial charge in [0.1, 0.15) is 17.2 Å². The van der Waals surface area contributed by atoms with E-state index in [0.717, 1.165) is 79.5 Å². The zero-order valence-corrected chi connectivity index (χ0v) is 23.2. The first-order valence-corrected chi connectivity index (χ1v) is 13.7. The Hall–Kier alpha value is -4.37. The Morgan fingerprint density at radius 2 is 1.70 bits per heavy atom. The molecule has 1 amide bonds. The average molecular weight is 539 g/mol. The maximum absolute atomic E-state index is 11.6. The average Bonchev–Trinajstić information content (AvgIpc) is 2.97. The van der Waals surface area contributed by atoms with Gasteiger partial charge in [-0.05, 0) is 73.1 Å². The summed E-state index contributed by atoms with van der Waals surface area (Å²) in [5.41, 5.74) is 5.38. The number of fused-ring (bicyclic) bond motifs is 2. The number of nitrogens with one attached hydrogen (secondary N) is 1. The maximum Gasteiger partial charge on any atom is 0.227 e. The van der Waals surface area contributed by atoms with Crippen molar-refractivity contribution in [1.29, 1.82) is 0 Å². The molecular formula is C31H34N6O3. The first kappa shape index (κ1) is 25.9. The summed E-state index contributed by atoms with van der Waals surface area (Å²) in [4.78, 5) is 27.4. The van der Waals surface area contributed by atoms with Gasteiger partial charge in [-0.25, -0.2) is 9.97 Å². The molecule has 9 heteroatoms. The number of ether oxygens (including phenoxy) is 2. The molecular weight excluding hydrogens is 504 g/mol. The normalized spacial score (nSPS) is 15.6. The largest absolute Gasteiger partial charge is 0.495 e. The number of amides is 1. The monoisotopic (exact) mass is 538 g/mol. The van der Waals surface area contributed by atoms with E-state index in [2.05, 4.69) is 51.4 Å². The van der Waals surface area contributed by atoms with E-state index in [1.165, 1.54) is 11.1 Å². The predicted molar refractivity (Wildman–Crippen MR) is 157 cm³/mol. The standard InChI is InChI=1S/C31H34N6O3/c1-21(38)36-12-14-37(15-13-36)25-5-8-26(9-6-25)40-27-7-4-23-19-32-31(33-28(23)18-27)34-29-16-24-20-35(2)11-10-22(24)17-30(29)39-3/h4-9,16-19H,10-15,20H2,1-3H3,(H,32,33,34). The van der Waals surface area contributed by atoms with Crippen LogP contribution < -0.4 is 19.7 Å². The number of methoxy groups -OCH3 is 1. The van der Waals surface area contributed by atoms with Gasteiger partial charge in [-0.15, -0.1) is 0 Å². The van der Waals surface area contributed by atoms with E-state index in [-0.39, 0.29) is 5.91 Å². The predicted octanol–water partition coefficient (Wildman–Crippen LogP) is 4.83. The third kappa shape index (κ3) is 5.51. The molecule has 0 aliphatic carbocycles. The zero-order valence-electron chi connectivity index (χ0n) is 23.2. The summed E-state index contributed by atoms with van der Waals surface area (Å²) in [5.74, 6) is 2.88. The van der Waals surface area contributed by atoms with E-state index in [1.54, 1.807) is 14.0 Å². The number of carbonyl (C=O) groups excluding carboxylic acids is 1. The number of hydrogen-bond donors (Lipinski definition) is 1. The molecule has 0 bridgehead atoms. The van der Waals surface area contributed by atoms with Crippen molar-refractivity contribution in [1.82, 2.24) is 19.8 Å². The molecule has 9 nitrogen and oxygen atoms in total. The van der Waals surface area contributed by atoms with E-state index < -0.39 is 0 Å². The molecule has 1 fully saturated rings. The van der Waals surface area contributed by atoms with Crippen molar-refractivity contribution in [3.05, 3.63) is 71.9 Å². The van der Waals surface area contributed by atoms with E-state index in [1.807, 2.05) is 41.4 Å². The Labute approximate surface area is 234 Å². The van der Waals surface area contributed by atoms with Crippen LogP contribution in [0.25, 0.3) is 10.9 Å². The van der Waals surface area contributed by atoms with Crippen LogP contribution in [0.1, 0.15) is 18.1 Å². The molecule has 0 saturated carbocycles. The van der Waals surface area contributed by atoms with Crippen LogP contribution in [0.15, 0.2) is 60.8 Å². The van der Waals surface area contributed by atoms with Gasteiger partial charge in [0.25, 0.3) is 0 Å². The second-order valence-electron chi connectivity index (χ2n) is 10.4. The minimum absolute atomic E-state index is 0.137. The molecule has 1 saturated heterocycles. The molecule has 2 aliphatic rings. The molecule has 0 radical (unpaired) electrons. The van der Waals surface area contributed by atoms with Crippen LogP contribution in [0.3, 0.4) is 0 Å². The van der Waals surface area contributed by atoms with Gasteiger partial charge in [0.2, 0.25) is 11.9 Å². The lowest BCUT2D eigenvalue weighted by Crippen LogP contribution is -2.48. The van der Waals surface area contributed by atoms with Gasteiger partial charge < -0.3 is 29.5 Å². The number of rotatable bonds is 6. The number of hydrogen-bond acceptors (Lipinski definition) is 8. The Kier molecular flexibility index (Phi) is 7.13. The number of piperazine rings is 1. The Balaban J connectivity index is 1.16. The number of benzene rings is 3. The van der Waals surface area contributed by atoms with Crippen molar-refractivity contribution in [3.8, 4) is 17.2 Å². The summed E-state index contributed by atoms with van der Waals surface area (Å²) in [6, 6.07) is 18.2. The summed E-state index contributed by atoms with van der Waals surface area (Å²) < 4.78 is 11.8. The van der Waals surface area contributed by atoms with Gasteiger partial charge in [0, 0.05) is 69.5 Å². The first-order chi connectivity index (χ1) is 19.4. The highest BCUT2D eigenvalue weighted by Crippen LogP contribution is 2.33. The minimum atomic E-state index is 0.137. The van der Waals surface area contributed by atoms with Gasteiger partial charge in [-0.2, -0.15) is 0 Å². The van der Waals surface area contributed by atoms with Crippen LogP contribution in [0.5, 0.6) is 17.2 Å². The smallest absolute Gasteiger partial charge is 0.227 e. The first-order valence-electron chi connectivity index (χ1n) is 13.7. The lowest BCUT2D eigenvalue weighted by atomic mass is 9.99. The second kappa shape index (κ2) is 11.0. The fraction of sp³-hybridized carbons (Fsp3) is 0.323. The molecule has 3 heterocycles. The lowest BCUT2D eigenvalue weighted by molar-refractivity contribution is -0.129. The summed E-state index contributed by atoms with van der Waals surface area (Å²) >= 11 is 0. The number of carbonyl (C=O) groups is 1. The number of likely N-dealkylation sites (N-methyl/N-ethyl adjacent to an activating group) is 1. The Morgan fingerprint density at radius 1 is 0.925 bits per heavy atom. The molecule has 4 aromatic rings. The third-order valence-electron chi connectivity index (χ3n) is 7.69. The minimum Gasteiger partial charge on any atom is -0.495 e. The number of aromatic nitrogens is 2. The van der Waals surface area contributed by atoms with E-state index >= 15 is 0 Å². The van der Waals surface area contributed by atoms with Crippen molar-refractivity contribution in [3.63, 3.8) is 0 Å². The Bertz CT molecular complexity index is 1530. The molecule has 40 heavy (non-hydrogen) atoms. The van der Waals surface area contributed by atoms with Gasteiger partial charge in [-0.3, -0.25) is 4.79 Å². The van der Waals surface area contributed by atoms with E-state index in [0.29, 0.717) is 11.7 Å². The molecule has 1 N–H and O–H groups in total. The zero-order chi connectivity index (χ0) is 27.6. The maximum atomic E-state index is 11.6. The molecule has 0 unspecified atom stereocenters. The molecule has 206 valence electrons. The van der Waals surface area contributed by atoms with Crippen molar-refractivity contribution in [2.45, 2.75) is 19.9 Å². The van der Waals surface area contributed by atoms with E-state index in [4.69, 9.17) is 14.5 Å². The summed E-state index contributed by atoms with van der Waals surface area (Å²) in [6.45, 7) is 6.74. The quantitative estimate of drug-likeness (QED) is 0.374. The third-order valence-corrected chi connectivity index (χ3v) is 7.69. The topological polar surface area (TPSA) is 83.1 Å². The second-order valence-corrected chi connectivity index (χ2v) is 10.4. The highest BCUT2D eigenvalue weighted by molar-refractivity contribution is 5.81. The molecule has 1 aromatic heterocycles. The van der Waals surface area contributed by atoms with Crippen LogP contribution in [0.4, 0.5) is 17.3 Å². The van der Waals surface area contributed by atoms with E-state index in [9.17, 15) is 4.79 Å². The molecule has 2 aliphatic heterocycles. The summed E-state index contributed by atoms with van der Waals surface area (Å²) in [7, 11) is 3.83. The van der Waals surface area contributed by atoms with Crippen LogP contribution in [-0.2, 0) is 17.8 Å². The van der Waals surface area contributed by atoms with Crippen LogP contribution in [0.2, 0.25) is 0 Å². The van der Waals surface area contributed by atoms with Crippen LogP contribution in [0, 0.1) is 0 Å². The summed E-state index contributed by atoms with van der Waals surface area (Å²) in [5, 5.41) is 4.29. The Morgan fingerprint density at radius 3 is 2.45 bits per heavy atom. The van der Waals surface area contributed by atoms with Crippen molar-refractivity contribution in [2.24, 2.45) is 0 Å². The van der Waals surface area contributed by atoms with Gasteiger partial charge in [0.15, 0.2) is 0 Å². The fourth-order valence-electron chi connectivity index (χ4n) is 5.38. The van der Waals surface area contributed by atoms with Crippen LogP contribution >= 0.6 is 0 Å². The number of nitrogens with zero attached hydrogens (tertiary/aromatic N) is 5. The highest BCUT2D eigenvalue weighted by atomic mass is 16.5. The number of anilines is 3. The highest BCUT2D eigenvalue weighted by Gasteiger charge is 2.19. The molecule has 0 spiro atoms. The fourth-order valence-corrected chi connectivity index (χ4v) is 5.38. The van der Waals surface area contributed by atoms with Crippen molar-refractivity contribution in [2.75, 3.05) is 57.1 Å². The SMILES string of the molecule is COc1cc2c(cc1Nc1ncc3ccc(Oc4ccc(N5CCN(C(C)=O)CC5)cc4)cc3n1)CN(C)CC2. The van der Waals surface area contributed by atoms with Gasteiger partial charge in [0.05, 0.1) is 18.3 Å². The van der Waals surface area contributed by atoms with Crippen molar-refractivity contribution < 1.29 is 14.3 Å². The van der Waals surface area contributed by atoms with Gasteiger partial charge in [-0.1, -0.05) is 0 Å². The summed E-state index contributed by atoms with van der Waals surface area (Å²) in [6.07, 6.45) is 2.83. The van der Waals surface area contributed by atoms with Crippen molar-refractivity contribution >= 4 is 34.1 Å². The van der Waals surface area contributed by atoms with Gasteiger partial charge >= 0.3 is 0 Å². The molecule has 3 aromatic carbocycles.